The van der Waals surface area contributed by atoms with E-state index in [1.807, 2.05) is 13.0 Å². The van der Waals surface area contributed by atoms with E-state index in [1.54, 1.807) is 18.2 Å². The fourth-order valence-corrected chi connectivity index (χ4v) is 2.26. The lowest BCUT2D eigenvalue weighted by Crippen LogP contribution is -2.05. The molecule has 21 heavy (non-hydrogen) atoms. The molecule has 2 rings (SSSR count). The van der Waals surface area contributed by atoms with Crippen molar-refractivity contribution in [1.82, 2.24) is 0 Å². The number of halogens is 4. The number of nitrogens with zero attached hydrogens (tertiary/aromatic N) is 1. The quantitative estimate of drug-likeness (QED) is 0.718. The highest BCUT2D eigenvalue weighted by atomic mass is 79.9. The molecule has 0 atom stereocenters. The maximum absolute atomic E-state index is 12.6. The van der Waals surface area contributed by atoms with Crippen LogP contribution >= 0.6 is 15.9 Å². The molecule has 0 bridgehead atoms. The van der Waals surface area contributed by atoms with E-state index in [1.165, 1.54) is 0 Å². The summed E-state index contributed by atoms with van der Waals surface area (Å²) in [5.41, 5.74) is -0.0474. The van der Waals surface area contributed by atoms with Crippen LogP contribution in [0.2, 0.25) is 0 Å². The third-order valence-corrected chi connectivity index (χ3v) is 3.35. The molecule has 0 aromatic heterocycles. The van der Waals surface area contributed by atoms with Crippen molar-refractivity contribution < 1.29 is 17.9 Å². The maximum Gasteiger partial charge on any atom is 0.416 e. The minimum Gasteiger partial charge on any atom is -0.455 e. The molecule has 0 amide bonds. The first-order chi connectivity index (χ1) is 9.81. The Kier molecular flexibility index (Phi) is 4.24. The van der Waals surface area contributed by atoms with Gasteiger partial charge in [-0.05, 0) is 58.7 Å². The second kappa shape index (κ2) is 5.78. The van der Waals surface area contributed by atoms with Gasteiger partial charge >= 0.3 is 6.18 Å². The minimum atomic E-state index is -4.49. The van der Waals surface area contributed by atoms with Crippen molar-refractivity contribution in [3.05, 3.63) is 57.6 Å². The van der Waals surface area contributed by atoms with Crippen LogP contribution in [0.5, 0.6) is 11.5 Å². The number of aryl methyl sites for hydroxylation is 1. The van der Waals surface area contributed by atoms with Crippen molar-refractivity contribution in [1.29, 1.82) is 5.26 Å². The summed E-state index contributed by atoms with van der Waals surface area (Å²) in [4.78, 5) is 0. The third-order valence-electron chi connectivity index (χ3n) is 2.73. The molecule has 0 saturated heterocycles. The van der Waals surface area contributed by atoms with Crippen molar-refractivity contribution >= 4 is 15.9 Å². The number of hydrogen-bond acceptors (Lipinski definition) is 2. The summed E-state index contributed by atoms with van der Waals surface area (Å²) in [7, 11) is 0. The molecular weight excluding hydrogens is 347 g/mol. The Bertz CT molecular complexity index is 720. The van der Waals surface area contributed by atoms with Gasteiger partial charge in [0, 0.05) is 0 Å². The normalized spacial score (nSPS) is 11.0. The molecule has 0 radical (unpaired) electrons. The number of ether oxygens (including phenoxy) is 1. The van der Waals surface area contributed by atoms with Gasteiger partial charge in [-0.25, -0.2) is 0 Å². The Morgan fingerprint density at radius 3 is 2.33 bits per heavy atom. The SMILES string of the molecule is Cc1ccc(Oc2ccc(C(F)(F)F)cc2C#N)c(Br)c1. The van der Waals surface area contributed by atoms with Crippen molar-refractivity contribution in [2.24, 2.45) is 0 Å². The summed E-state index contributed by atoms with van der Waals surface area (Å²) in [5.74, 6) is 0.506. The van der Waals surface area contributed by atoms with Gasteiger partial charge in [0.25, 0.3) is 0 Å². The van der Waals surface area contributed by atoms with Crippen LogP contribution < -0.4 is 4.74 Å². The fraction of sp³-hybridized carbons (Fsp3) is 0.133. The first kappa shape index (κ1) is 15.4. The van der Waals surface area contributed by atoms with Gasteiger partial charge < -0.3 is 4.74 Å². The van der Waals surface area contributed by atoms with Gasteiger partial charge in [0.15, 0.2) is 0 Å². The van der Waals surface area contributed by atoms with Crippen molar-refractivity contribution in [3.8, 4) is 17.6 Å². The Morgan fingerprint density at radius 1 is 1.10 bits per heavy atom. The number of benzene rings is 2. The second-order valence-electron chi connectivity index (χ2n) is 4.36. The lowest BCUT2D eigenvalue weighted by molar-refractivity contribution is -0.137. The number of hydrogen-bond donors (Lipinski definition) is 0. The largest absolute Gasteiger partial charge is 0.455 e. The highest BCUT2D eigenvalue weighted by Gasteiger charge is 2.31. The van der Waals surface area contributed by atoms with E-state index in [0.29, 0.717) is 10.2 Å². The van der Waals surface area contributed by atoms with E-state index in [-0.39, 0.29) is 11.3 Å². The number of nitriles is 1. The van der Waals surface area contributed by atoms with Crippen LogP contribution in [0.25, 0.3) is 0 Å². The Labute approximate surface area is 127 Å². The van der Waals surface area contributed by atoms with Crippen LogP contribution in [0.4, 0.5) is 13.2 Å². The van der Waals surface area contributed by atoms with E-state index in [0.717, 1.165) is 23.8 Å². The lowest BCUT2D eigenvalue weighted by atomic mass is 10.1. The zero-order valence-corrected chi connectivity index (χ0v) is 12.4. The van der Waals surface area contributed by atoms with Crippen LogP contribution in [0.15, 0.2) is 40.9 Å². The van der Waals surface area contributed by atoms with Gasteiger partial charge in [-0.1, -0.05) is 6.07 Å². The summed E-state index contributed by atoms with van der Waals surface area (Å²) >= 11 is 3.31. The molecule has 2 nitrogen and oxygen atoms in total. The molecule has 0 saturated carbocycles. The zero-order valence-electron chi connectivity index (χ0n) is 10.8. The molecule has 0 aliphatic rings. The van der Waals surface area contributed by atoms with Crippen molar-refractivity contribution in [3.63, 3.8) is 0 Å². The maximum atomic E-state index is 12.6. The van der Waals surface area contributed by atoms with Gasteiger partial charge in [0.1, 0.15) is 17.6 Å². The van der Waals surface area contributed by atoms with E-state index >= 15 is 0 Å². The van der Waals surface area contributed by atoms with Crippen LogP contribution in [0, 0.1) is 18.3 Å². The minimum absolute atomic E-state index is 0.0788. The smallest absolute Gasteiger partial charge is 0.416 e. The fourth-order valence-electron chi connectivity index (χ4n) is 1.69. The molecule has 0 N–H and O–H groups in total. The molecule has 0 fully saturated rings. The van der Waals surface area contributed by atoms with E-state index in [2.05, 4.69) is 15.9 Å². The topological polar surface area (TPSA) is 33.0 Å². The average Bonchev–Trinajstić information content (AvgIpc) is 2.41. The molecule has 0 aliphatic carbocycles. The van der Waals surface area contributed by atoms with Crippen molar-refractivity contribution in [2.45, 2.75) is 13.1 Å². The Hall–Kier alpha value is -2.00. The number of rotatable bonds is 2. The molecule has 2 aromatic rings. The molecule has 2 aromatic carbocycles. The first-order valence-corrected chi connectivity index (χ1v) is 6.66. The zero-order chi connectivity index (χ0) is 15.6. The summed E-state index contributed by atoms with van der Waals surface area (Å²) in [6.45, 7) is 1.90. The predicted molar refractivity (Wildman–Crippen MR) is 75.1 cm³/mol. The monoisotopic (exact) mass is 355 g/mol. The third kappa shape index (κ3) is 3.56. The van der Waals surface area contributed by atoms with Crippen LogP contribution in [0.1, 0.15) is 16.7 Å². The average molecular weight is 356 g/mol. The van der Waals surface area contributed by atoms with Gasteiger partial charge in [-0.3, -0.25) is 0 Å². The Morgan fingerprint density at radius 2 is 1.76 bits per heavy atom. The van der Waals surface area contributed by atoms with Gasteiger partial charge in [-0.15, -0.1) is 0 Å². The van der Waals surface area contributed by atoms with Crippen LogP contribution in [-0.2, 0) is 6.18 Å². The molecular formula is C15H9BrF3NO. The number of alkyl halides is 3. The molecule has 0 spiro atoms. The summed E-state index contributed by atoms with van der Waals surface area (Å²) in [6.07, 6.45) is -4.49. The summed E-state index contributed by atoms with van der Waals surface area (Å²) < 4.78 is 44.0. The highest BCUT2D eigenvalue weighted by Crippen LogP contribution is 2.35. The molecule has 6 heteroatoms. The van der Waals surface area contributed by atoms with Crippen LogP contribution in [0.3, 0.4) is 0 Å². The molecule has 0 unspecified atom stereocenters. The van der Waals surface area contributed by atoms with Gasteiger partial charge in [0.2, 0.25) is 0 Å². The standard InChI is InChI=1S/C15H9BrF3NO/c1-9-2-4-14(12(16)6-9)21-13-5-3-11(15(17,18)19)7-10(13)8-20/h2-7H,1H3. The summed E-state index contributed by atoms with van der Waals surface area (Å²) in [6, 6.07) is 9.82. The summed E-state index contributed by atoms with van der Waals surface area (Å²) in [5, 5.41) is 8.99. The second-order valence-corrected chi connectivity index (χ2v) is 5.21. The Balaban J connectivity index is 2.39. The first-order valence-electron chi connectivity index (χ1n) is 5.86. The van der Waals surface area contributed by atoms with E-state index < -0.39 is 11.7 Å². The van der Waals surface area contributed by atoms with Crippen molar-refractivity contribution in [2.75, 3.05) is 0 Å². The molecule has 0 aliphatic heterocycles. The predicted octanol–water partition coefficient (Wildman–Crippen LogP) is 5.44. The van der Waals surface area contributed by atoms with Gasteiger partial charge in [0.05, 0.1) is 15.6 Å². The highest BCUT2D eigenvalue weighted by molar-refractivity contribution is 9.10. The molecule has 108 valence electrons. The van der Waals surface area contributed by atoms with Gasteiger partial charge in [-0.2, -0.15) is 18.4 Å². The molecule has 0 heterocycles. The van der Waals surface area contributed by atoms with E-state index in [9.17, 15) is 13.2 Å². The van der Waals surface area contributed by atoms with Crippen LogP contribution in [-0.4, -0.2) is 0 Å². The lowest BCUT2D eigenvalue weighted by Gasteiger charge is -2.12. The van der Waals surface area contributed by atoms with E-state index in [4.69, 9.17) is 10.00 Å².